The smallest absolute Gasteiger partial charge is 0.230 e. The van der Waals surface area contributed by atoms with Gasteiger partial charge in [0.1, 0.15) is 0 Å². The fourth-order valence-electron chi connectivity index (χ4n) is 3.37. The molecule has 1 aromatic heterocycles. The standard InChI is InChI=1S/C15H23N3O2S/c16-11-15(3-8-20-9-4-15)14(19)18-6-1-12(2-7-18)13-17-5-10-21-13/h5,10,12H,1-4,6-9,11,16H2. The molecule has 3 rings (SSSR count). The zero-order valence-electron chi connectivity index (χ0n) is 12.3. The summed E-state index contributed by atoms with van der Waals surface area (Å²) in [5.74, 6) is 0.753. The van der Waals surface area contributed by atoms with E-state index in [1.54, 1.807) is 11.3 Å². The largest absolute Gasteiger partial charge is 0.381 e. The third kappa shape index (κ3) is 2.98. The number of ether oxygens (including phenoxy) is 1. The van der Waals surface area contributed by atoms with Gasteiger partial charge in [0.25, 0.3) is 0 Å². The maximum Gasteiger partial charge on any atom is 0.230 e. The summed E-state index contributed by atoms with van der Waals surface area (Å²) in [6.07, 6.45) is 5.40. The lowest BCUT2D eigenvalue weighted by atomic mass is 9.78. The van der Waals surface area contributed by atoms with Crippen molar-refractivity contribution in [2.45, 2.75) is 31.6 Å². The summed E-state index contributed by atoms with van der Waals surface area (Å²) in [5.41, 5.74) is 5.56. The zero-order chi connectivity index (χ0) is 14.7. The Morgan fingerprint density at radius 1 is 1.43 bits per heavy atom. The van der Waals surface area contributed by atoms with E-state index in [1.807, 2.05) is 16.5 Å². The van der Waals surface area contributed by atoms with Gasteiger partial charge in [-0.2, -0.15) is 0 Å². The Bertz CT molecular complexity index is 463. The summed E-state index contributed by atoms with van der Waals surface area (Å²) in [4.78, 5) is 19.3. The van der Waals surface area contributed by atoms with Gasteiger partial charge >= 0.3 is 0 Å². The quantitative estimate of drug-likeness (QED) is 0.921. The molecule has 0 radical (unpaired) electrons. The van der Waals surface area contributed by atoms with Gasteiger partial charge < -0.3 is 15.4 Å². The van der Waals surface area contributed by atoms with Gasteiger partial charge in [-0.3, -0.25) is 4.79 Å². The number of hydrogen-bond acceptors (Lipinski definition) is 5. The molecule has 0 bridgehead atoms. The average Bonchev–Trinajstić information content (AvgIpc) is 3.09. The van der Waals surface area contributed by atoms with Crippen LogP contribution >= 0.6 is 11.3 Å². The van der Waals surface area contributed by atoms with E-state index in [0.717, 1.165) is 38.8 Å². The van der Waals surface area contributed by atoms with E-state index in [4.69, 9.17) is 10.5 Å². The fourth-order valence-corrected chi connectivity index (χ4v) is 4.18. The number of thiazole rings is 1. The van der Waals surface area contributed by atoms with Crippen molar-refractivity contribution < 1.29 is 9.53 Å². The molecule has 0 saturated carbocycles. The van der Waals surface area contributed by atoms with E-state index in [9.17, 15) is 4.79 Å². The van der Waals surface area contributed by atoms with Crippen LogP contribution in [-0.2, 0) is 9.53 Å². The number of carbonyl (C=O) groups is 1. The molecule has 3 heterocycles. The van der Waals surface area contributed by atoms with Gasteiger partial charge in [0.15, 0.2) is 0 Å². The van der Waals surface area contributed by atoms with Crippen LogP contribution in [0, 0.1) is 5.41 Å². The van der Waals surface area contributed by atoms with E-state index in [2.05, 4.69) is 4.98 Å². The van der Waals surface area contributed by atoms with Gasteiger partial charge in [0.05, 0.1) is 10.4 Å². The molecule has 0 spiro atoms. The Hall–Kier alpha value is -0.980. The van der Waals surface area contributed by atoms with E-state index in [-0.39, 0.29) is 11.3 Å². The van der Waals surface area contributed by atoms with Crippen LogP contribution in [0.25, 0.3) is 0 Å². The molecule has 1 amide bonds. The van der Waals surface area contributed by atoms with Crippen LogP contribution in [0.3, 0.4) is 0 Å². The first-order valence-corrected chi connectivity index (χ1v) is 8.60. The second-order valence-corrected chi connectivity index (χ2v) is 6.96. The summed E-state index contributed by atoms with van der Waals surface area (Å²) in [6.45, 7) is 3.38. The topological polar surface area (TPSA) is 68.5 Å². The molecule has 2 aliphatic heterocycles. The minimum absolute atomic E-state index is 0.242. The summed E-state index contributed by atoms with van der Waals surface area (Å²) >= 11 is 1.72. The molecule has 2 fully saturated rings. The zero-order valence-corrected chi connectivity index (χ0v) is 13.1. The monoisotopic (exact) mass is 309 g/mol. The van der Waals surface area contributed by atoms with Crippen LogP contribution < -0.4 is 5.73 Å². The number of nitrogens with two attached hydrogens (primary N) is 1. The molecule has 116 valence electrons. The van der Waals surface area contributed by atoms with Crippen LogP contribution in [0.1, 0.15) is 36.6 Å². The first-order chi connectivity index (χ1) is 10.2. The Labute approximate surface area is 129 Å². The molecule has 21 heavy (non-hydrogen) atoms. The predicted molar refractivity (Wildman–Crippen MR) is 82.2 cm³/mol. The Kier molecular flexibility index (Phi) is 4.57. The van der Waals surface area contributed by atoms with Gasteiger partial charge in [-0.05, 0) is 25.7 Å². The van der Waals surface area contributed by atoms with Crippen LogP contribution in [0.2, 0.25) is 0 Å². The Morgan fingerprint density at radius 3 is 2.71 bits per heavy atom. The highest BCUT2D eigenvalue weighted by Gasteiger charge is 2.42. The lowest BCUT2D eigenvalue weighted by Crippen LogP contribution is -2.52. The van der Waals surface area contributed by atoms with E-state index >= 15 is 0 Å². The number of aromatic nitrogens is 1. The normalized spacial score (nSPS) is 23.2. The average molecular weight is 309 g/mol. The summed E-state index contributed by atoms with van der Waals surface area (Å²) in [7, 11) is 0. The first kappa shape index (κ1) is 14.9. The summed E-state index contributed by atoms with van der Waals surface area (Å²) in [5, 5.41) is 3.24. The number of likely N-dealkylation sites (tertiary alicyclic amines) is 1. The highest BCUT2D eigenvalue weighted by molar-refractivity contribution is 7.09. The molecule has 5 nitrogen and oxygen atoms in total. The van der Waals surface area contributed by atoms with Gasteiger partial charge in [-0.25, -0.2) is 4.98 Å². The summed E-state index contributed by atoms with van der Waals surface area (Å²) in [6, 6.07) is 0. The molecule has 6 heteroatoms. The Balaban J connectivity index is 1.62. The lowest BCUT2D eigenvalue weighted by molar-refractivity contribution is -0.148. The molecule has 2 saturated heterocycles. The molecule has 0 unspecified atom stereocenters. The van der Waals surface area contributed by atoms with Crippen molar-refractivity contribution in [1.29, 1.82) is 0 Å². The highest BCUT2D eigenvalue weighted by atomic mass is 32.1. The molecule has 0 atom stereocenters. The third-order valence-corrected chi connectivity index (χ3v) is 5.82. The van der Waals surface area contributed by atoms with Crippen LogP contribution in [0.4, 0.5) is 0 Å². The van der Waals surface area contributed by atoms with Crippen molar-refractivity contribution in [3.8, 4) is 0 Å². The van der Waals surface area contributed by atoms with E-state index in [0.29, 0.717) is 25.7 Å². The predicted octanol–water partition coefficient (Wildman–Crippen LogP) is 1.60. The van der Waals surface area contributed by atoms with Crippen molar-refractivity contribution in [1.82, 2.24) is 9.88 Å². The fraction of sp³-hybridized carbons (Fsp3) is 0.733. The van der Waals surface area contributed by atoms with Crippen LogP contribution in [-0.4, -0.2) is 48.6 Å². The van der Waals surface area contributed by atoms with Crippen molar-refractivity contribution in [3.05, 3.63) is 16.6 Å². The van der Waals surface area contributed by atoms with E-state index < -0.39 is 0 Å². The van der Waals surface area contributed by atoms with Crippen molar-refractivity contribution >= 4 is 17.2 Å². The van der Waals surface area contributed by atoms with Gasteiger partial charge in [-0.15, -0.1) is 11.3 Å². The number of amides is 1. The lowest BCUT2D eigenvalue weighted by Gasteiger charge is -2.41. The molecule has 2 N–H and O–H groups in total. The number of hydrogen-bond donors (Lipinski definition) is 1. The first-order valence-electron chi connectivity index (χ1n) is 7.72. The maximum atomic E-state index is 12.9. The molecular formula is C15H23N3O2S. The van der Waals surface area contributed by atoms with Gasteiger partial charge in [0, 0.05) is 50.3 Å². The third-order valence-electron chi connectivity index (χ3n) is 4.88. The van der Waals surface area contributed by atoms with Crippen molar-refractivity contribution in [2.24, 2.45) is 11.1 Å². The van der Waals surface area contributed by atoms with E-state index in [1.165, 1.54) is 5.01 Å². The minimum atomic E-state index is -0.383. The molecule has 2 aliphatic rings. The second-order valence-electron chi connectivity index (χ2n) is 6.03. The van der Waals surface area contributed by atoms with Gasteiger partial charge in [-0.1, -0.05) is 0 Å². The second kappa shape index (κ2) is 6.42. The van der Waals surface area contributed by atoms with Crippen molar-refractivity contribution in [3.63, 3.8) is 0 Å². The summed E-state index contributed by atoms with van der Waals surface area (Å²) < 4.78 is 5.40. The highest BCUT2D eigenvalue weighted by Crippen LogP contribution is 2.35. The maximum absolute atomic E-state index is 12.9. The number of rotatable bonds is 3. The Morgan fingerprint density at radius 2 is 2.14 bits per heavy atom. The molecular weight excluding hydrogens is 286 g/mol. The number of piperidine rings is 1. The van der Waals surface area contributed by atoms with Crippen LogP contribution in [0.15, 0.2) is 11.6 Å². The minimum Gasteiger partial charge on any atom is -0.381 e. The molecule has 1 aromatic rings. The molecule has 0 aromatic carbocycles. The van der Waals surface area contributed by atoms with Crippen LogP contribution in [0.5, 0.6) is 0 Å². The number of carbonyl (C=O) groups excluding carboxylic acids is 1. The van der Waals surface area contributed by atoms with Gasteiger partial charge in [0.2, 0.25) is 5.91 Å². The number of nitrogens with zero attached hydrogens (tertiary/aromatic N) is 2. The molecule has 0 aliphatic carbocycles. The SMILES string of the molecule is NCC1(C(=O)N2CCC(c3nccs3)CC2)CCOCC1. The van der Waals surface area contributed by atoms with Crippen molar-refractivity contribution in [2.75, 3.05) is 32.8 Å².